The maximum absolute atomic E-state index is 13.2. The van der Waals surface area contributed by atoms with Crippen molar-refractivity contribution in [2.75, 3.05) is 6.54 Å². The van der Waals surface area contributed by atoms with Crippen LogP contribution in [0.2, 0.25) is 0 Å². The first-order valence-corrected chi connectivity index (χ1v) is 6.15. The Bertz CT molecular complexity index is 599. The number of hydrogen-bond donors (Lipinski definition) is 2. The van der Waals surface area contributed by atoms with Crippen molar-refractivity contribution in [3.05, 3.63) is 35.5 Å². The summed E-state index contributed by atoms with van der Waals surface area (Å²) in [4.78, 5) is 4.29. The van der Waals surface area contributed by atoms with Crippen LogP contribution in [0.25, 0.3) is 11.4 Å². The second-order valence-corrected chi connectivity index (χ2v) is 4.77. The Morgan fingerprint density at radius 2 is 2.32 bits per heavy atom. The van der Waals surface area contributed by atoms with E-state index in [9.17, 15) is 9.50 Å². The molecule has 2 N–H and O–H groups in total. The van der Waals surface area contributed by atoms with Crippen molar-refractivity contribution < 1.29 is 14.0 Å². The van der Waals surface area contributed by atoms with E-state index in [2.05, 4.69) is 15.5 Å². The minimum absolute atomic E-state index is 0.113. The van der Waals surface area contributed by atoms with E-state index in [1.807, 2.05) is 0 Å². The summed E-state index contributed by atoms with van der Waals surface area (Å²) in [5.74, 6) is 0.628. The van der Waals surface area contributed by atoms with Crippen molar-refractivity contribution in [2.45, 2.75) is 25.5 Å². The summed E-state index contributed by atoms with van der Waals surface area (Å²) in [7, 11) is 0. The number of aliphatic hydroxyl groups is 1. The van der Waals surface area contributed by atoms with E-state index in [4.69, 9.17) is 4.52 Å². The molecule has 2 heterocycles. The first-order chi connectivity index (χ1) is 9.13. The molecule has 19 heavy (non-hydrogen) atoms. The van der Waals surface area contributed by atoms with E-state index in [1.54, 1.807) is 19.1 Å². The molecule has 0 bridgehead atoms. The van der Waals surface area contributed by atoms with Gasteiger partial charge in [-0.2, -0.15) is 4.98 Å². The summed E-state index contributed by atoms with van der Waals surface area (Å²) < 4.78 is 18.4. The van der Waals surface area contributed by atoms with E-state index in [1.165, 1.54) is 6.07 Å². The van der Waals surface area contributed by atoms with Gasteiger partial charge in [0, 0.05) is 12.1 Å². The fourth-order valence-electron chi connectivity index (χ4n) is 2.18. The van der Waals surface area contributed by atoms with Crippen LogP contribution in [0.5, 0.6) is 0 Å². The molecule has 100 valence electrons. The van der Waals surface area contributed by atoms with Gasteiger partial charge in [-0.05, 0) is 37.1 Å². The van der Waals surface area contributed by atoms with E-state index in [-0.39, 0.29) is 18.0 Å². The maximum Gasteiger partial charge on any atom is 0.244 e. The highest BCUT2D eigenvalue weighted by Gasteiger charge is 2.28. The van der Waals surface area contributed by atoms with Crippen molar-refractivity contribution in [1.82, 2.24) is 15.5 Å². The Kier molecular flexibility index (Phi) is 3.04. The SMILES string of the molecule is Cc1cc(-c2noc([C@@H]3CC(O)CN3)n2)ccc1F. The normalized spacial score (nSPS) is 22.9. The molecule has 1 aliphatic rings. The Labute approximate surface area is 109 Å². The molecule has 3 rings (SSSR count). The largest absolute Gasteiger partial charge is 0.392 e. The number of β-amino-alcohol motifs (C(OH)–C–C–N with tert-alkyl or cyclic N) is 1. The molecule has 1 aromatic carbocycles. The van der Waals surface area contributed by atoms with Crippen LogP contribution in [0.4, 0.5) is 4.39 Å². The van der Waals surface area contributed by atoms with E-state index in [0.717, 1.165) is 0 Å². The molecular formula is C13H14FN3O2. The summed E-state index contributed by atoms with van der Waals surface area (Å²) >= 11 is 0. The highest BCUT2D eigenvalue weighted by atomic mass is 19.1. The number of aliphatic hydroxyl groups excluding tert-OH is 1. The highest BCUT2D eigenvalue weighted by molar-refractivity contribution is 5.55. The average Bonchev–Trinajstić information content (AvgIpc) is 3.01. The fourth-order valence-corrected chi connectivity index (χ4v) is 2.18. The van der Waals surface area contributed by atoms with Crippen LogP contribution in [0, 0.1) is 12.7 Å². The van der Waals surface area contributed by atoms with Gasteiger partial charge in [0.2, 0.25) is 11.7 Å². The van der Waals surface area contributed by atoms with Gasteiger partial charge >= 0.3 is 0 Å². The van der Waals surface area contributed by atoms with Crippen molar-refractivity contribution in [3.63, 3.8) is 0 Å². The van der Waals surface area contributed by atoms with Crippen LogP contribution in [0.15, 0.2) is 22.7 Å². The van der Waals surface area contributed by atoms with Crippen molar-refractivity contribution >= 4 is 0 Å². The van der Waals surface area contributed by atoms with E-state index >= 15 is 0 Å². The quantitative estimate of drug-likeness (QED) is 0.860. The minimum Gasteiger partial charge on any atom is -0.392 e. The number of nitrogens with one attached hydrogen (secondary N) is 1. The van der Waals surface area contributed by atoms with Gasteiger partial charge < -0.3 is 14.9 Å². The van der Waals surface area contributed by atoms with Crippen LogP contribution in [-0.2, 0) is 0 Å². The van der Waals surface area contributed by atoms with Crippen molar-refractivity contribution in [1.29, 1.82) is 0 Å². The molecule has 0 spiro atoms. The van der Waals surface area contributed by atoms with Crippen LogP contribution in [-0.4, -0.2) is 27.9 Å². The number of hydrogen-bond acceptors (Lipinski definition) is 5. The monoisotopic (exact) mass is 263 g/mol. The van der Waals surface area contributed by atoms with Crippen molar-refractivity contribution in [3.8, 4) is 11.4 Å². The zero-order chi connectivity index (χ0) is 13.4. The lowest BCUT2D eigenvalue weighted by Gasteiger charge is -2.01. The van der Waals surface area contributed by atoms with Gasteiger partial charge in [-0.25, -0.2) is 4.39 Å². The first-order valence-electron chi connectivity index (χ1n) is 6.15. The van der Waals surface area contributed by atoms with Gasteiger partial charge in [-0.1, -0.05) is 5.16 Å². The molecule has 1 unspecified atom stereocenters. The van der Waals surface area contributed by atoms with Gasteiger partial charge in [0.1, 0.15) is 5.82 Å². The second kappa shape index (κ2) is 4.71. The topological polar surface area (TPSA) is 71.2 Å². The maximum atomic E-state index is 13.2. The lowest BCUT2D eigenvalue weighted by molar-refractivity contribution is 0.191. The standard InChI is InChI=1S/C13H14FN3O2/c1-7-4-8(2-3-10(7)14)12-16-13(19-17-12)11-5-9(18)6-15-11/h2-4,9,11,15,18H,5-6H2,1H3/t9?,11-/m0/s1. The molecular weight excluding hydrogens is 249 g/mol. The third kappa shape index (κ3) is 2.36. The highest BCUT2D eigenvalue weighted by Crippen LogP contribution is 2.25. The molecule has 6 heteroatoms. The molecule has 2 atom stereocenters. The lowest BCUT2D eigenvalue weighted by Crippen LogP contribution is -2.15. The minimum atomic E-state index is -0.381. The summed E-state index contributed by atoms with van der Waals surface area (Å²) in [5, 5.41) is 16.5. The summed E-state index contributed by atoms with van der Waals surface area (Å²) in [6.07, 6.45) is 0.179. The predicted octanol–water partition coefficient (Wildman–Crippen LogP) is 1.58. The zero-order valence-corrected chi connectivity index (χ0v) is 10.4. The Balaban J connectivity index is 1.86. The van der Waals surface area contributed by atoms with E-state index < -0.39 is 0 Å². The number of rotatable bonds is 2. The first kappa shape index (κ1) is 12.3. The lowest BCUT2D eigenvalue weighted by atomic mass is 10.1. The molecule has 1 aliphatic heterocycles. The molecule has 0 aliphatic carbocycles. The Hall–Kier alpha value is -1.79. The molecule has 5 nitrogen and oxygen atoms in total. The van der Waals surface area contributed by atoms with Gasteiger partial charge in [0.05, 0.1) is 12.1 Å². The van der Waals surface area contributed by atoms with Gasteiger partial charge in [0.15, 0.2) is 0 Å². The number of aromatic nitrogens is 2. The number of nitrogens with zero attached hydrogens (tertiary/aromatic N) is 2. The molecule has 2 aromatic rings. The Morgan fingerprint density at radius 3 is 3.00 bits per heavy atom. The van der Waals surface area contributed by atoms with Crippen molar-refractivity contribution in [2.24, 2.45) is 0 Å². The molecule has 0 amide bonds. The molecule has 0 saturated carbocycles. The number of aryl methyl sites for hydroxylation is 1. The van der Waals surface area contributed by atoms with Crippen LogP contribution in [0.1, 0.15) is 23.9 Å². The van der Waals surface area contributed by atoms with Crippen LogP contribution in [0.3, 0.4) is 0 Å². The fraction of sp³-hybridized carbons (Fsp3) is 0.385. The second-order valence-electron chi connectivity index (χ2n) is 4.77. The number of halogens is 1. The van der Waals surface area contributed by atoms with Crippen LogP contribution < -0.4 is 5.32 Å². The summed E-state index contributed by atoms with van der Waals surface area (Å²) in [6, 6.07) is 4.57. The smallest absolute Gasteiger partial charge is 0.244 e. The molecule has 1 aromatic heterocycles. The third-order valence-electron chi connectivity index (χ3n) is 3.26. The molecule has 1 fully saturated rings. The van der Waals surface area contributed by atoms with Gasteiger partial charge in [0.25, 0.3) is 0 Å². The third-order valence-corrected chi connectivity index (χ3v) is 3.26. The Morgan fingerprint density at radius 1 is 1.47 bits per heavy atom. The van der Waals surface area contributed by atoms with E-state index in [0.29, 0.717) is 35.8 Å². The summed E-state index contributed by atoms with van der Waals surface area (Å²) in [6.45, 7) is 2.22. The molecule has 0 radical (unpaired) electrons. The van der Waals surface area contributed by atoms with Crippen LogP contribution >= 0.6 is 0 Å². The molecule has 1 saturated heterocycles. The van der Waals surface area contributed by atoms with Gasteiger partial charge in [-0.15, -0.1) is 0 Å². The summed E-state index contributed by atoms with van der Waals surface area (Å²) in [5.41, 5.74) is 1.26. The number of benzene rings is 1. The average molecular weight is 263 g/mol. The zero-order valence-electron chi connectivity index (χ0n) is 10.4. The van der Waals surface area contributed by atoms with Gasteiger partial charge in [-0.3, -0.25) is 0 Å². The predicted molar refractivity (Wildman–Crippen MR) is 65.8 cm³/mol.